The maximum absolute atomic E-state index is 12.6. The Bertz CT molecular complexity index is 427. The zero-order chi connectivity index (χ0) is 13.3. The maximum atomic E-state index is 12.6. The smallest absolute Gasteiger partial charge is 0.243 e. The number of benzene rings is 1. The molecule has 1 aliphatic heterocycles. The third-order valence-corrected chi connectivity index (χ3v) is 3.86. The molecule has 1 aromatic rings. The second-order valence-electron chi connectivity index (χ2n) is 5.75. The molecular formula is C15H22N2O. The zero-order valence-corrected chi connectivity index (χ0v) is 11.7. The van der Waals surface area contributed by atoms with E-state index in [2.05, 4.69) is 19.1 Å². The molecule has 1 amide bonds. The van der Waals surface area contributed by atoms with Crippen molar-refractivity contribution in [1.29, 1.82) is 0 Å². The molecule has 0 saturated carbocycles. The molecule has 0 bridgehead atoms. The number of nitrogens with zero attached hydrogens (tertiary/aromatic N) is 2. The van der Waals surface area contributed by atoms with Crippen LogP contribution in [0.1, 0.15) is 38.8 Å². The third kappa shape index (κ3) is 2.27. The predicted octanol–water partition coefficient (Wildman–Crippen LogP) is 2.85. The summed E-state index contributed by atoms with van der Waals surface area (Å²) in [5.74, 6) is 0.215. The van der Waals surface area contributed by atoms with Gasteiger partial charge < -0.3 is 0 Å². The second-order valence-corrected chi connectivity index (χ2v) is 5.75. The van der Waals surface area contributed by atoms with Crippen molar-refractivity contribution in [1.82, 2.24) is 10.0 Å². The fraction of sp³-hybridized carbons (Fsp3) is 0.533. The molecule has 2 rings (SSSR count). The quantitative estimate of drug-likeness (QED) is 0.801. The molecule has 3 nitrogen and oxygen atoms in total. The summed E-state index contributed by atoms with van der Waals surface area (Å²) >= 11 is 0. The Morgan fingerprint density at radius 2 is 1.83 bits per heavy atom. The fourth-order valence-corrected chi connectivity index (χ4v) is 2.47. The molecule has 1 unspecified atom stereocenters. The lowest BCUT2D eigenvalue weighted by atomic mass is 9.85. The average molecular weight is 246 g/mol. The van der Waals surface area contributed by atoms with Crippen molar-refractivity contribution in [3.05, 3.63) is 35.9 Å². The van der Waals surface area contributed by atoms with E-state index in [1.54, 1.807) is 0 Å². The average Bonchev–Trinajstić information content (AvgIpc) is 2.36. The van der Waals surface area contributed by atoms with Gasteiger partial charge in [0.2, 0.25) is 5.91 Å². The summed E-state index contributed by atoms with van der Waals surface area (Å²) in [5, 5.41) is 3.95. The van der Waals surface area contributed by atoms with Crippen LogP contribution in [0.15, 0.2) is 30.3 Å². The van der Waals surface area contributed by atoms with Gasteiger partial charge in [-0.1, -0.05) is 44.2 Å². The van der Waals surface area contributed by atoms with Gasteiger partial charge in [-0.2, -0.15) is 0 Å². The van der Waals surface area contributed by atoms with Crippen LogP contribution in [0.5, 0.6) is 0 Å². The van der Waals surface area contributed by atoms with Gasteiger partial charge >= 0.3 is 0 Å². The van der Waals surface area contributed by atoms with Crippen LogP contribution < -0.4 is 0 Å². The maximum Gasteiger partial charge on any atom is 0.243 e. The van der Waals surface area contributed by atoms with Gasteiger partial charge in [-0.3, -0.25) is 9.80 Å². The van der Waals surface area contributed by atoms with Crippen LogP contribution in [-0.4, -0.2) is 29.5 Å². The lowest BCUT2D eigenvalue weighted by Gasteiger charge is -2.46. The Labute approximate surface area is 109 Å². The van der Waals surface area contributed by atoms with Gasteiger partial charge in [0.15, 0.2) is 0 Å². The number of rotatable bonds is 2. The minimum atomic E-state index is -0.254. The van der Waals surface area contributed by atoms with Crippen molar-refractivity contribution < 1.29 is 4.79 Å². The Kier molecular flexibility index (Phi) is 3.44. The minimum Gasteiger partial charge on any atom is -0.273 e. The fourth-order valence-electron chi connectivity index (χ4n) is 2.47. The molecule has 0 aliphatic carbocycles. The first kappa shape index (κ1) is 13.1. The van der Waals surface area contributed by atoms with Crippen LogP contribution in [0.2, 0.25) is 0 Å². The second kappa shape index (κ2) is 4.73. The number of hydrogen-bond donors (Lipinski definition) is 0. The van der Waals surface area contributed by atoms with Crippen molar-refractivity contribution in [2.24, 2.45) is 5.41 Å². The Morgan fingerprint density at radius 3 is 2.44 bits per heavy atom. The van der Waals surface area contributed by atoms with E-state index in [1.165, 1.54) is 5.56 Å². The number of hydrazine groups is 1. The molecule has 1 aliphatic rings. The van der Waals surface area contributed by atoms with Crippen LogP contribution in [0.3, 0.4) is 0 Å². The molecule has 0 spiro atoms. The molecule has 98 valence electrons. The third-order valence-electron chi connectivity index (χ3n) is 3.86. The number of carbonyl (C=O) groups is 1. The van der Waals surface area contributed by atoms with Crippen LogP contribution in [0, 0.1) is 5.41 Å². The summed E-state index contributed by atoms with van der Waals surface area (Å²) in [4.78, 5) is 12.6. The topological polar surface area (TPSA) is 23.6 Å². The molecule has 1 atom stereocenters. The zero-order valence-electron chi connectivity index (χ0n) is 11.7. The standard InChI is InChI=1S/C15H22N2O/c1-12(13-8-6-5-7-9-13)17-14(18)15(2,3)10-11-16(17)4/h5-9,12H,10-11H2,1-4H3. The van der Waals surface area contributed by atoms with Crippen molar-refractivity contribution in [2.45, 2.75) is 33.2 Å². The van der Waals surface area contributed by atoms with Gasteiger partial charge in [0.05, 0.1) is 6.04 Å². The first-order chi connectivity index (χ1) is 8.43. The highest BCUT2D eigenvalue weighted by atomic mass is 16.2. The Morgan fingerprint density at radius 1 is 1.22 bits per heavy atom. The summed E-state index contributed by atoms with van der Waals surface area (Å²) in [7, 11) is 1.99. The van der Waals surface area contributed by atoms with E-state index in [9.17, 15) is 4.79 Å². The summed E-state index contributed by atoms with van der Waals surface area (Å²) in [6.45, 7) is 7.08. The van der Waals surface area contributed by atoms with E-state index in [1.807, 2.05) is 49.1 Å². The van der Waals surface area contributed by atoms with E-state index in [0.717, 1.165) is 13.0 Å². The van der Waals surface area contributed by atoms with E-state index in [4.69, 9.17) is 0 Å². The van der Waals surface area contributed by atoms with Crippen LogP contribution >= 0.6 is 0 Å². The highest BCUT2D eigenvalue weighted by Crippen LogP contribution is 2.34. The van der Waals surface area contributed by atoms with Crippen LogP contribution in [0.4, 0.5) is 0 Å². The summed E-state index contributed by atoms with van der Waals surface area (Å²) in [6, 6.07) is 10.3. The van der Waals surface area contributed by atoms with Gasteiger partial charge in [0.1, 0.15) is 0 Å². The summed E-state index contributed by atoms with van der Waals surface area (Å²) in [6.07, 6.45) is 0.917. The Balaban J connectivity index is 2.28. The molecule has 1 fully saturated rings. The molecule has 0 N–H and O–H groups in total. The molecule has 3 heteroatoms. The molecule has 1 aromatic carbocycles. The van der Waals surface area contributed by atoms with E-state index in [0.29, 0.717) is 0 Å². The monoisotopic (exact) mass is 246 g/mol. The van der Waals surface area contributed by atoms with Gasteiger partial charge in [0, 0.05) is 19.0 Å². The first-order valence-electron chi connectivity index (χ1n) is 6.53. The molecule has 1 saturated heterocycles. The van der Waals surface area contributed by atoms with Gasteiger partial charge in [0.25, 0.3) is 0 Å². The molecular weight excluding hydrogens is 224 g/mol. The van der Waals surface area contributed by atoms with E-state index in [-0.39, 0.29) is 17.4 Å². The van der Waals surface area contributed by atoms with E-state index >= 15 is 0 Å². The summed E-state index contributed by atoms with van der Waals surface area (Å²) in [5.41, 5.74) is 0.922. The van der Waals surface area contributed by atoms with E-state index < -0.39 is 0 Å². The van der Waals surface area contributed by atoms with Crippen molar-refractivity contribution in [2.75, 3.05) is 13.6 Å². The molecule has 0 aromatic heterocycles. The number of carbonyl (C=O) groups excluding carboxylic acids is 1. The SMILES string of the molecule is CC(c1ccccc1)N1C(=O)C(C)(C)CCN1C. The summed E-state index contributed by atoms with van der Waals surface area (Å²) < 4.78 is 0. The van der Waals surface area contributed by atoms with Gasteiger partial charge in [-0.15, -0.1) is 0 Å². The highest BCUT2D eigenvalue weighted by Gasteiger charge is 2.40. The van der Waals surface area contributed by atoms with Gasteiger partial charge in [-0.25, -0.2) is 5.01 Å². The largest absolute Gasteiger partial charge is 0.273 e. The molecule has 18 heavy (non-hydrogen) atoms. The molecule has 1 heterocycles. The van der Waals surface area contributed by atoms with Crippen molar-refractivity contribution in [3.8, 4) is 0 Å². The highest BCUT2D eigenvalue weighted by molar-refractivity contribution is 5.82. The van der Waals surface area contributed by atoms with Gasteiger partial charge in [-0.05, 0) is 18.9 Å². The van der Waals surface area contributed by atoms with Crippen molar-refractivity contribution in [3.63, 3.8) is 0 Å². The lowest BCUT2D eigenvalue weighted by molar-refractivity contribution is -0.172. The minimum absolute atomic E-state index is 0.0864. The first-order valence-corrected chi connectivity index (χ1v) is 6.53. The number of amides is 1. The normalized spacial score (nSPS) is 22.0. The Hall–Kier alpha value is -1.35. The number of hydrogen-bond acceptors (Lipinski definition) is 2. The lowest BCUT2D eigenvalue weighted by Crippen LogP contribution is -2.56. The van der Waals surface area contributed by atoms with Crippen LogP contribution in [0.25, 0.3) is 0 Å². The predicted molar refractivity (Wildman–Crippen MR) is 72.7 cm³/mol. The van der Waals surface area contributed by atoms with Crippen LogP contribution in [-0.2, 0) is 4.79 Å². The van der Waals surface area contributed by atoms with Crippen molar-refractivity contribution >= 4 is 5.91 Å². The molecule has 0 radical (unpaired) electrons.